The molecule has 94 valence electrons. The van der Waals surface area contributed by atoms with Crippen LogP contribution in [0, 0.1) is 18.6 Å². The van der Waals surface area contributed by atoms with Gasteiger partial charge in [0.05, 0.1) is 17.0 Å². The van der Waals surface area contributed by atoms with E-state index in [1.807, 2.05) is 0 Å². The Labute approximate surface area is 106 Å². The number of hydrogen-bond acceptors (Lipinski definition) is 4. The normalized spacial score (nSPS) is 10.4. The molecule has 0 amide bonds. The predicted molar refractivity (Wildman–Crippen MR) is 63.5 cm³/mol. The van der Waals surface area contributed by atoms with Crippen molar-refractivity contribution in [2.45, 2.75) is 6.92 Å². The van der Waals surface area contributed by atoms with Crippen molar-refractivity contribution in [3.63, 3.8) is 0 Å². The van der Waals surface area contributed by atoms with Gasteiger partial charge in [0.15, 0.2) is 17.3 Å². The third kappa shape index (κ3) is 2.24. The number of thiazole rings is 1. The second-order valence-corrected chi connectivity index (χ2v) is 4.73. The zero-order valence-corrected chi connectivity index (χ0v) is 10.5. The van der Waals surface area contributed by atoms with Crippen LogP contribution in [0.15, 0.2) is 18.2 Å². The number of carbonyl (C=O) groups is 1. The van der Waals surface area contributed by atoms with Crippen LogP contribution in [0.2, 0.25) is 0 Å². The fraction of sp³-hybridized carbons (Fsp3) is 0.167. The lowest BCUT2D eigenvalue weighted by molar-refractivity contribution is 0.0595. The largest absolute Gasteiger partial charge is 0.464 e. The zero-order valence-electron chi connectivity index (χ0n) is 9.66. The first-order valence-corrected chi connectivity index (χ1v) is 5.85. The van der Waals surface area contributed by atoms with Crippen molar-refractivity contribution in [3.05, 3.63) is 40.5 Å². The molecule has 0 fully saturated rings. The summed E-state index contributed by atoms with van der Waals surface area (Å²) >= 11 is 1.22. The first kappa shape index (κ1) is 12.6. The van der Waals surface area contributed by atoms with Crippen LogP contribution in [-0.2, 0) is 4.74 Å². The molecule has 0 aliphatic carbocycles. The molecule has 0 radical (unpaired) electrons. The molecule has 18 heavy (non-hydrogen) atoms. The molecule has 2 rings (SSSR count). The van der Waals surface area contributed by atoms with Crippen LogP contribution in [0.1, 0.15) is 15.5 Å². The summed E-state index contributed by atoms with van der Waals surface area (Å²) in [6, 6.07) is 3.45. The van der Waals surface area contributed by atoms with E-state index in [0.717, 1.165) is 12.1 Å². The van der Waals surface area contributed by atoms with Gasteiger partial charge in [0.25, 0.3) is 0 Å². The van der Waals surface area contributed by atoms with Gasteiger partial charge in [-0.2, -0.15) is 0 Å². The van der Waals surface area contributed by atoms with Gasteiger partial charge in [-0.15, -0.1) is 11.3 Å². The molecule has 6 heteroatoms. The molecule has 0 N–H and O–H groups in total. The molecule has 0 bridgehead atoms. The van der Waals surface area contributed by atoms with Crippen molar-refractivity contribution in [3.8, 4) is 10.4 Å². The number of benzene rings is 1. The molecule has 1 aromatic heterocycles. The van der Waals surface area contributed by atoms with Crippen LogP contribution < -0.4 is 0 Å². The Hall–Kier alpha value is -1.82. The van der Waals surface area contributed by atoms with Gasteiger partial charge >= 0.3 is 5.97 Å². The van der Waals surface area contributed by atoms with E-state index in [2.05, 4.69) is 9.72 Å². The third-order valence-corrected chi connectivity index (χ3v) is 3.31. The second-order valence-electron chi connectivity index (χ2n) is 3.53. The van der Waals surface area contributed by atoms with E-state index in [4.69, 9.17) is 0 Å². The van der Waals surface area contributed by atoms with Gasteiger partial charge in [-0.3, -0.25) is 0 Å². The van der Waals surface area contributed by atoms with E-state index in [1.54, 1.807) is 6.92 Å². The number of methoxy groups -OCH3 is 1. The molecule has 0 unspecified atom stereocenters. The second kappa shape index (κ2) is 4.81. The van der Waals surface area contributed by atoms with Crippen LogP contribution in [0.4, 0.5) is 8.78 Å². The summed E-state index contributed by atoms with van der Waals surface area (Å²) in [4.78, 5) is 16.0. The molecule has 2 aromatic rings. The lowest BCUT2D eigenvalue weighted by Gasteiger charge is -2.01. The summed E-state index contributed by atoms with van der Waals surface area (Å²) in [7, 11) is 1.24. The number of carbonyl (C=O) groups excluding carboxylic acids is 1. The standard InChI is InChI=1S/C12H9F2NO2S/c1-6-15-10(12(16)17-2)11(18-6)7-3-4-8(13)9(14)5-7/h3-5H,1-2H3. The first-order chi connectivity index (χ1) is 8.52. The van der Waals surface area contributed by atoms with Crippen molar-refractivity contribution in [1.29, 1.82) is 0 Å². The number of rotatable bonds is 2. The van der Waals surface area contributed by atoms with Crippen molar-refractivity contribution < 1.29 is 18.3 Å². The fourth-order valence-corrected chi connectivity index (χ4v) is 2.40. The van der Waals surface area contributed by atoms with E-state index >= 15 is 0 Å². The topological polar surface area (TPSA) is 39.2 Å². The van der Waals surface area contributed by atoms with Crippen molar-refractivity contribution in [2.75, 3.05) is 7.11 Å². The quantitative estimate of drug-likeness (QED) is 0.786. The number of ether oxygens (including phenoxy) is 1. The minimum absolute atomic E-state index is 0.117. The number of esters is 1. The minimum atomic E-state index is -0.964. The highest BCUT2D eigenvalue weighted by molar-refractivity contribution is 7.15. The van der Waals surface area contributed by atoms with Crippen molar-refractivity contribution >= 4 is 17.3 Å². The lowest BCUT2D eigenvalue weighted by atomic mass is 10.1. The zero-order chi connectivity index (χ0) is 13.3. The fourth-order valence-electron chi connectivity index (χ4n) is 1.50. The van der Waals surface area contributed by atoms with Gasteiger partial charge in [0.1, 0.15) is 0 Å². The molecule has 0 saturated heterocycles. The molecule has 0 atom stereocenters. The monoisotopic (exact) mass is 269 g/mol. The van der Waals surface area contributed by atoms with Gasteiger partial charge in [0, 0.05) is 0 Å². The van der Waals surface area contributed by atoms with E-state index in [-0.39, 0.29) is 5.69 Å². The summed E-state index contributed by atoms with van der Waals surface area (Å²) in [6.45, 7) is 1.72. The molecule has 3 nitrogen and oxygen atoms in total. The number of halogens is 2. The maximum absolute atomic E-state index is 13.2. The Morgan fingerprint density at radius 2 is 2.06 bits per heavy atom. The number of hydrogen-bond donors (Lipinski definition) is 0. The summed E-state index contributed by atoms with van der Waals surface area (Å²) in [6.07, 6.45) is 0. The van der Waals surface area contributed by atoms with E-state index in [1.165, 1.54) is 24.5 Å². The lowest BCUT2D eigenvalue weighted by Crippen LogP contribution is -2.03. The number of aromatic nitrogens is 1. The van der Waals surface area contributed by atoms with Crippen LogP contribution in [-0.4, -0.2) is 18.1 Å². The average Bonchev–Trinajstić information content (AvgIpc) is 2.74. The van der Waals surface area contributed by atoms with Crippen molar-refractivity contribution in [1.82, 2.24) is 4.98 Å². The summed E-state index contributed by atoms with van der Waals surface area (Å²) in [5, 5.41) is 0.648. The van der Waals surface area contributed by atoms with Gasteiger partial charge in [-0.1, -0.05) is 6.07 Å². The molecule has 1 aromatic carbocycles. The Morgan fingerprint density at radius 1 is 1.33 bits per heavy atom. The molecular formula is C12H9F2NO2S. The highest BCUT2D eigenvalue weighted by Gasteiger charge is 2.19. The molecular weight excluding hydrogens is 260 g/mol. The highest BCUT2D eigenvalue weighted by atomic mass is 32.1. The maximum atomic E-state index is 13.2. The average molecular weight is 269 g/mol. The number of aryl methyl sites for hydroxylation is 1. The van der Waals surface area contributed by atoms with E-state index in [0.29, 0.717) is 15.4 Å². The van der Waals surface area contributed by atoms with Crippen molar-refractivity contribution in [2.24, 2.45) is 0 Å². The Bertz CT molecular complexity index is 610. The third-order valence-electron chi connectivity index (χ3n) is 2.29. The molecule has 0 saturated carbocycles. The van der Waals surface area contributed by atoms with Crippen LogP contribution in [0.5, 0.6) is 0 Å². The van der Waals surface area contributed by atoms with Gasteiger partial charge in [-0.25, -0.2) is 18.6 Å². The van der Waals surface area contributed by atoms with Crippen LogP contribution in [0.3, 0.4) is 0 Å². The molecule has 0 spiro atoms. The Morgan fingerprint density at radius 3 is 2.67 bits per heavy atom. The summed E-state index contributed by atoms with van der Waals surface area (Å²) in [5.74, 6) is -2.49. The predicted octanol–water partition coefficient (Wildman–Crippen LogP) is 3.18. The van der Waals surface area contributed by atoms with Crippen LogP contribution >= 0.6 is 11.3 Å². The Balaban J connectivity index is 2.56. The maximum Gasteiger partial charge on any atom is 0.358 e. The summed E-state index contributed by atoms with van der Waals surface area (Å²) in [5.41, 5.74) is 0.519. The first-order valence-electron chi connectivity index (χ1n) is 5.04. The molecule has 0 aliphatic heterocycles. The number of nitrogens with zero attached hydrogens (tertiary/aromatic N) is 1. The summed E-state index contributed by atoms with van der Waals surface area (Å²) < 4.78 is 30.6. The minimum Gasteiger partial charge on any atom is -0.464 e. The van der Waals surface area contributed by atoms with E-state index in [9.17, 15) is 13.6 Å². The van der Waals surface area contributed by atoms with E-state index < -0.39 is 17.6 Å². The molecule has 1 heterocycles. The van der Waals surface area contributed by atoms with Gasteiger partial charge in [-0.05, 0) is 24.6 Å². The molecule has 0 aliphatic rings. The Kier molecular flexibility index (Phi) is 3.38. The smallest absolute Gasteiger partial charge is 0.358 e. The highest BCUT2D eigenvalue weighted by Crippen LogP contribution is 2.31. The van der Waals surface area contributed by atoms with Crippen LogP contribution in [0.25, 0.3) is 10.4 Å². The SMILES string of the molecule is COC(=O)c1nc(C)sc1-c1ccc(F)c(F)c1. The van der Waals surface area contributed by atoms with Gasteiger partial charge < -0.3 is 4.74 Å². The van der Waals surface area contributed by atoms with Gasteiger partial charge in [0.2, 0.25) is 0 Å².